The number of benzene rings is 1. The molecule has 9 nitrogen and oxygen atoms in total. The molecule has 14 heteroatoms. The molecule has 2 heterocycles. The molecule has 0 radical (unpaired) electrons. The van der Waals surface area contributed by atoms with E-state index in [0.717, 1.165) is 19.2 Å². The Hall–Kier alpha value is -4.12. The number of hydrogen-bond acceptors (Lipinski definition) is 8. The van der Waals surface area contributed by atoms with E-state index >= 15 is 0 Å². The zero-order valence-corrected chi connectivity index (χ0v) is 19.0. The lowest BCUT2D eigenvalue weighted by atomic mass is 10.1. The van der Waals surface area contributed by atoms with Crippen LogP contribution in [-0.4, -0.2) is 35.8 Å². The summed E-state index contributed by atoms with van der Waals surface area (Å²) in [5.74, 6) is -3.75. The first-order valence-electron chi connectivity index (χ1n) is 9.53. The predicted octanol–water partition coefficient (Wildman–Crippen LogP) is 3.97. The van der Waals surface area contributed by atoms with Crippen LogP contribution in [0.4, 0.5) is 23.2 Å². The molecule has 0 aliphatic rings. The third-order valence-electron chi connectivity index (χ3n) is 4.63. The van der Waals surface area contributed by atoms with Gasteiger partial charge in [0.2, 0.25) is 0 Å². The molecule has 35 heavy (non-hydrogen) atoms. The van der Waals surface area contributed by atoms with E-state index in [2.05, 4.69) is 20.5 Å². The van der Waals surface area contributed by atoms with E-state index in [-0.39, 0.29) is 21.8 Å². The van der Waals surface area contributed by atoms with Crippen molar-refractivity contribution in [3.8, 4) is 17.7 Å². The van der Waals surface area contributed by atoms with Gasteiger partial charge in [0.25, 0.3) is 17.7 Å². The number of aryl methyl sites for hydroxylation is 1. The monoisotopic (exact) mass is 509 g/mol. The van der Waals surface area contributed by atoms with Crippen LogP contribution in [0, 0.1) is 31.1 Å². The summed E-state index contributed by atoms with van der Waals surface area (Å²) >= 11 is 0. The molecule has 0 unspecified atom stereocenters. The van der Waals surface area contributed by atoms with Crippen LogP contribution in [0.2, 0.25) is 0 Å². The first-order valence-corrected chi connectivity index (χ1v) is 11.4. The molecule has 2 aromatic heterocycles. The fourth-order valence-corrected chi connectivity index (χ4v) is 3.67. The summed E-state index contributed by atoms with van der Waals surface area (Å²) in [5, 5.41) is 17.6. The van der Waals surface area contributed by atoms with Crippen molar-refractivity contribution in [1.29, 1.82) is 5.26 Å². The maximum absolute atomic E-state index is 14.4. The average Bonchev–Trinajstić information content (AvgIpc) is 2.74. The van der Waals surface area contributed by atoms with E-state index in [1.165, 1.54) is 31.2 Å². The lowest BCUT2D eigenvalue weighted by Crippen LogP contribution is -2.21. The van der Waals surface area contributed by atoms with Crippen molar-refractivity contribution in [2.45, 2.75) is 24.9 Å². The van der Waals surface area contributed by atoms with E-state index in [0.29, 0.717) is 0 Å². The Morgan fingerprint density at radius 1 is 1.17 bits per heavy atom. The highest BCUT2D eigenvalue weighted by molar-refractivity contribution is 7.90. The summed E-state index contributed by atoms with van der Waals surface area (Å²) in [6.07, 6.45) is -4.03. The number of alkyl halides is 3. The molecule has 1 aromatic carbocycles. The van der Waals surface area contributed by atoms with Gasteiger partial charge in [-0.3, -0.25) is 4.79 Å². The summed E-state index contributed by atoms with van der Waals surface area (Å²) in [4.78, 5) is 16.2. The van der Waals surface area contributed by atoms with Crippen molar-refractivity contribution in [3.63, 3.8) is 0 Å². The molecule has 0 bridgehead atoms. The molecule has 0 saturated carbocycles. The van der Waals surface area contributed by atoms with E-state index in [4.69, 9.17) is 10.00 Å². The first kappa shape index (κ1) is 25.5. The number of aromatic nitrogens is 3. The van der Waals surface area contributed by atoms with Gasteiger partial charge in [0.15, 0.2) is 21.3 Å². The number of carbonyl (C=O) groups is 1. The van der Waals surface area contributed by atoms with E-state index in [1.807, 2.05) is 0 Å². The van der Waals surface area contributed by atoms with Gasteiger partial charge in [-0.2, -0.15) is 22.8 Å². The highest BCUT2D eigenvalue weighted by Gasteiger charge is 2.38. The number of nitriles is 1. The second-order valence-electron chi connectivity index (χ2n) is 7.26. The number of rotatable bonds is 5. The second kappa shape index (κ2) is 9.26. The maximum Gasteiger partial charge on any atom is 0.435 e. The summed E-state index contributed by atoms with van der Waals surface area (Å²) in [7, 11) is -3.64. The fraction of sp³-hybridized carbons (Fsp3) is 0.190. The number of nitrogens with one attached hydrogen (secondary N) is 1. The number of anilines is 1. The molecule has 0 aliphatic carbocycles. The summed E-state index contributed by atoms with van der Waals surface area (Å²) < 4.78 is 83.6. The molecule has 182 valence electrons. The minimum atomic E-state index is -4.97. The standard InChI is InChI=1S/C21H15F4N5O4S/c1-10-7-13(9-26)27-18(22)16(10)34-20-15(11(2)17(29-30-20)21(23,24)25)19(31)28-12-5-4-6-14(8-12)35(3,32)33/h4-8H,1-3H3,(H,28,31). The first-order chi connectivity index (χ1) is 16.2. The Morgan fingerprint density at radius 2 is 1.86 bits per heavy atom. The van der Waals surface area contributed by atoms with Crippen molar-refractivity contribution >= 4 is 21.4 Å². The van der Waals surface area contributed by atoms with Crippen LogP contribution >= 0.6 is 0 Å². The van der Waals surface area contributed by atoms with Crippen LogP contribution in [0.1, 0.15) is 32.9 Å². The van der Waals surface area contributed by atoms with Crippen LogP contribution in [0.15, 0.2) is 35.2 Å². The number of carbonyl (C=O) groups excluding carboxylic acids is 1. The molecule has 1 N–H and O–H groups in total. The third-order valence-corrected chi connectivity index (χ3v) is 5.74. The normalized spacial score (nSPS) is 11.6. The lowest BCUT2D eigenvalue weighted by Gasteiger charge is -2.17. The number of ether oxygens (including phenoxy) is 1. The Balaban J connectivity index is 2.12. The Bertz CT molecular complexity index is 1460. The number of sulfone groups is 1. The van der Waals surface area contributed by atoms with Crippen LogP contribution in [0.3, 0.4) is 0 Å². The molecule has 0 spiro atoms. The molecule has 3 aromatic rings. The lowest BCUT2D eigenvalue weighted by molar-refractivity contribution is -0.142. The average molecular weight is 509 g/mol. The Kier molecular flexibility index (Phi) is 6.75. The van der Waals surface area contributed by atoms with Crippen LogP contribution in [0.25, 0.3) is 0 Å². The van der Waals surface area contributed by atoms with Crippen LogP contribution < -0.4 is 10.1 Å². The molecular formula is C21H15F4N5O4S. The highest BCUT2D eigenvalue weighted by atomic mass is 32.2. The third kappa shape index (κ3) is 5.52. The predicted molar refractivity (Wildman–Crippen MR) is 113 cm³/mol. The molecule has 0 atom stereocenters. The number of hydrogen-bond donors (Lipinski definition) is 1. The number of amides is 1. The van der Waals surface area contributed by atoms with Crippen molar-refractivity contribution in [1.82, 2.24) is 15.2 Å². The topological polar surface area (TPSA) is 135 Å². The zero-order chi connectivity index (χ0) is 26.1. The second-order valence-corrected chi connectivity index (χ2v) is 9.28. The van der Waals surface area contributed by atoms with Gasteiger partial charge in [-0.05, 0) is 49.2 Å². The van der Waals surface area contributed by atoms with Crippen molar-refractivity contribution in [3.05, 3.63) is 64.4 Å². The van der Waals surface area contributed by atoms with Crippen molar-refractivity contribution in [2.24, 2.45) is 0 Å². The number of pyridine rings is 1. The fourth-order valence-electron chi connectivity index (χ4n) is 3.00. The zero-order valence-electron chi connectivity index (χ0n) is 18.2. The van der Waals surface area contributed by atoms with Gasteiger partial charge in [-0.15, -0.1) is 10.2 Å². The van der Waals surface area contributed by atoms with Crippen LogP contribution in [0.5, 0.6) is 11.6 Å². The number of nitrogens with zero attached hydrogens (tertiary/aromatic N) is 4. The van der Waals surface area contributed by atoms with Gasteiger partial charge >= 0.3 is 6.18 Å². The Morgan fingerprint density at radius 3 is 2.43 bits per heavy atom. The van der Waals surface area contributed by atoms with Crippen LogP contribution in [-0.2, 0) is 16.0 Å². The minimum Gasteiger partial charge on any atom is -0.432 e. The highest BCUT2D eigenvalue weighted by Crippen LogP contribution is 2.36. The molecule has 0 saturated heterocycles. The summed E-state index contributed by atoms with van der Waals surface area (Å²) in [6, 6.07) is 7.82. The van der Waals surface area contributed by atoms with E-state index in [1.54, 1.807) is 6.07 Å². The quantitative estimate of drug-likeness (QED) is 0.403. The summed E-state index contributed by atoms with van der Waals surface area (Å²) in [5.41, 5.74) is -3.13. The van der Waals surface area contributed by atoms with Crippen molar-refractivity contribution < 1.29 is 35.5 Å². The Labute approximate surface area is 196 Å². The SMILES string of the molecule is Cc1cc(C#N)nc(F)c1Oc1nnc(C(F)(F)F)c(C)c1C(=O)Nc1cccc(S(C)(=O)=O)c1. The maximum atomic E-state index is 14.4. The van der Waals surface area contributed by atoms with Gasteiger partial charge < -0.3 is 10.1 Å². The van der Waals surface area contributed by atoms with Gasteiger partial charge in [-0.1, -0.05) is 6.07 Å². The van der Waals surface area contributed by atoms with E-state index in [9.17, 15) is 30.8 Å². The number of halogens is 4. The van der Waals surface area contributed by atoms with Gasteiger partial charge in [-0.25, -0.2) is 13.4 Å². The molecule has 0 fully saturated rings. The smallest absolute Gasteiger partial charge is 0.432 e. The van der Waals surface area contributed by atoms with Crippen molar-refractivity contribution in [2.75, 3.05) is 11.6 Å². The summed E-state index contributed by atoms with van der Waals surface area (Å²) in [6.45, 7) is 2.30. The molecular weight excluding hydrogens is 494 g/mol. The molecule has 1 amide bonds. The van der Waals surface area contributed by atoms with Gasteiger partial charge in [0.05, 0.1) is 4.90 Å². The largest absolute Gasteiger partial charge is 0.435 e. The van der Waals surface area contributed by atoms with Gasteiger partial charge in [0.1, 0.15) is 17.3 Å². The minimum absolute atomic E-state index is 0.0453. The molecule has 3 rings (SSSR count). The van der Waals surface area contributed by atoms with Gasteiger partial charge in [0, 0.05) is 11.9 Å². The van der Waals surface area contributed by atoms with E-state index < -0.39 is 56.3 Å². The molecule has 0 aliphatic heterocycles.